The summed E-state index contributed by atoms with van der Waals surface area (Å²) in [6.07, 6.45) is -3.69. The van der Waals surface area contributed by atoms with Crippen molar-refractivity contribution in [3.05, 3.63) is 65.4 Å². The number of hydrogen-bond donors (Lipinski definition) is 2. The van der Waals surface area contributed by atoms with E-state index in [4.69, 9.17) is 9.47 Å². The van der Waals surface area contributed by atoms with E-state index in [1.54, 1.807) is 30.3 Å². The molecule has 0 saturated heterocycles. The first-order chi connectivity index (χ1) is 15.7. The zero-order valence-electron chi connectivity index (χ0n) is 18.2. The number of anilines is 2. The molecule has 0 radical (unpaired) electrons. The van der Waals surface area contributed by atoms with Crippen molar-refractivity contribution in [2.75, 3.05) is 24.9 Å². The van der Waals surface area contributed by atoms with Crippen LogP contribution in [0.1, 0.15) is 40.0 Å². The van der Waals surface area contributed by atoms with Gasteiger partial charge in [0.2, 0.25) is 0 Å². The van der Waals surface area contributed by atoms with Gasteiger partial charge in [-0.05, 0) is 36.2 Å². The van der Waals surface area contributed by atoms with E-state index in [9.17, 15) is 18.0 Å². The first kappa shape index (κ1) is 22.5. The fraction of sp³-hybridized carbons (Fsp3) is 0.304. The largest absolute Gasteiger partial charge is 0.493 e. The standard InChI is InChI=1S/C23H23F3N4O3/c1-13-6-4-5-7-16(13)29-22(31)15-12-27-30-20(23(24,25)26)11-17(28-21(15)30)14-8-9-18(32-2)19(10-14)33-3/h4-10,12,17,20,28H,11H2,1-3H3,(H,29,31)/t17-,20+/m1/s1. The summed E-state index contributed by atoms with van der Waals surface area (Å²) in [6, 6.07) is 9.45. The number of aryl methyl sites for hydroxylation is 1. The second-order valence-electron chi connectivity index (χ2n) is 7.72. The van der Waals surface area contributed by atoms with Gasteiger partial charge in [-0.2, -0.15) is 18.3 Å². The first-order valence-electron chi connectivity index (χ1n) is 10.2. The highest BCUT2D eigenvalue weighted by molar-refractivity contribution is 6.07. The number of para-hydroxylation sites is 1. The van der Waals surface area contributed by atoms with E-state index in [0.29, 0.717) is 22.7 Å². The molecule has 2 atom stereocenters. The van der Waals surface area contributed by atoms with Crippen molar-refractivity contribution in [2.45, 2.75) is 31.6 Å². The lowest BCUT2D eigenvalue weighted by molar-refractivity contribution is -0.173. The number of nitrogens with zero attached hydrogens (tertiary/aromatic N) is 2. The number of ether oxygens (including phenoxy) is 2. The van der Waals surface area contributed by atoms with Gasteiger partial charge in [-0.1, -0.05) is 24.3 Å². The Balaban J connectivity index is 1.71. The van der Waals surface area contributed by atoms with Crippen molar-refractivity contribution >= 4 is 17.4 Å². The number of halogens is 3. The van der Waals surface area contributed by atoms with Gasteiger partial charge in [0.15, 0.2) is 17.5 Å². The Bertz CT molecular complexity index is 1180. The van der Waals surface area contributed by atoms with Crippen molar-refractivity contribution in [1.82, 2.24) is 9.78 Å². The molecular weight excluding hydrogens is 437 g/mol. The fourth-order valence-corrected chi connectivity index (χ4v) is 3.92. The van der Waals surface area contributed by atoms with Crippen LogP contribution in [-0.4, -0.2) is 36.1 Å². The molecular formula is C23H23F3N4O3. The van der Waals surface area contributed by atoms with Crippen LogP contribution in [0.25, 0.3) is 0 Å². The van der Waals surface area contributed by atoms with Gasteiger partial charge in [-0.3, -0.25) is 4.79 Å². The lowest BCUT2D eigenvalue weighted by Gasteiger charge is -2.34. The van der Waals surface area contributed by atoms with Crippen LogP contribution in [0.15, 0.2) is 48.7 Å². The molecule has 33 heavy (non-hydrogen) atoms. The SMILES string of the molecule is COc1ccc([C@H]2C[C@@H](C(F)(F)F)n3ncc(C(=O)Nc4ccccc4C)c3N2)cc1OC. The van der Waals surface area contributed by atoms with E-state index in [-0.39, 0.29) is 17.8 Å². The number of aromatic nitrogens is 2. The summed E-state index contributed by atoms with van der Waals surface area (Å²) in [5, 5.41) is 9.74. The Morgan fingerprint density at radius 2 is 1.88 bits per heavy atom. The molecule has 1 amide bonds. The number of rotatable bonds is 5. The molecule has 2 N–H and O–H groups in total. The molecule has 0 unspecified atom stereocenters. The molecule has 7 nitrogen and oxygen atoms in total. The minimum atomic E-state index is -4.55. The average molecular weight is 460 g/mol. The predicted molar refractivity (Wildman–Crippen MR) is 117 cm³/mol. The molecule has 2 heterocycles. The molecule has 3 aromatic rings. The highest BCUT2D eigenvalue weighted by Gasteiger charge is 2.47. The lowest BCUT2D eigenvalue weighted by Crippen LogP contribution is -2.36. The van der Waals surface area contributed by atoms with Crippen LogP contribution in [0, 0.1) is 6.92 Å². The van der Waals surface area contributed by atoms with Crippen LogP contribution in [0.2, 0.25) is 0 Å². The molecule has 2 aromatic carbocycles. The average Bonchev–Trinajstić information content (AvgIpc) is 3.22. The maximum Gasteiger partial charge on any atom is 0.410 e. The van der Waals surface area contributed by atoms with Crippen molar-refractivity contribution in [3.63, 3.8) is 0 Å². The number of nitrogens with one attached hydrogen (secondary N) is 2. The third-order valence-corrected chi connectivity index (χ3v) is 5.69. The summed E-state index contributed by atoms with van der Waals surface area (Å²) in [5.41, 5.74) is 2.00. The molecule has 0 fully saturated rings. The summed E-state index contributed by atoms with van der Waals surface area (Å²) in [4.78, 5) is 13.0. The zero-order chi connectivity index (χ0) is 23.8. The molecule has 4 rings (SSSR count). The quantitative estimate of drug-likeness (QED) is 0.553. The number of amides is 1. The number of fused-ring (bicyclic) bond motifs is 1. The number of methoxy groups -OCH3 is 2. The van der Waals surface area contributed by atoms with Crippen molar-refractivity contribution in [1.29, 1.82) is 0 Å². The maximum absolute atomic E-state index is 13.9. The van der Waals surface area contributed by atoms with Crippen LogP contribution >= 0.6 is 0 Å². The second-order valence-corrected chi connectivity index (χ2v) is 7.72. The number of alkyl halides is 3. The summed E-state index contributed by atoms with van der Waals surface area (Å²) >= 11 is 0. The van der Waals surface area contributed by atoms with E-state index < -0.39 is 24.2 Å². The van der Waals surface area contributed by atoms with E-state index >= 15 is 0 Å². The Hall–Kier alpha value is -3.69. The van der Waals surface area contributed by atoms with Crippen LogP contribution in [0.3, 0.4) is 0 Å². The Labute approximate surface area is 188 Å². The Kier molecular flexibility index (Phi) is 5.92. The molecule has 0 aliphatic carbocycles. The third kappa shape index (κ3) is 4.33. The van der Waals surface area contributed by atoms with Crippen molar-refractivity contribution in [3.8, 4) is 11.5 Å². The van der Waals surface area contributed by atoms with E-state index in [1.807, 2.05) is 19.1 Å². The summed E-state index contributed by atoms with van der Waals surface area (Å²) in [6.45, 7) is 1.83. The lowest BCUT2D eigenvalue weighted by atomic mass is 9.96. The van der Waals surface area contributed by atoms with E-state index in [2.05, 4.69) is 15.7 Å². The minimum Gasteiger partial charge on any atom is -0.493 e. The summed E-state index contributed by atoms with van der Waals surface area (Å²) in [5.74, 6) is 0.325. The molecule has 0 spiro atoms. The van der Waals surface area contributed by atoms with Crippen molar-refractivity contribution in [2.24, 2.45) is 0 Å². The monoisotopic (exact) mass is 460 g/mol. The number of carbonyl (C=O) groups is 1. The van der Waals surface area contributed by atoms with Gasteiger partial charge in [0.05, 0.1) is 26.5 Å². The van der Waals surface area contributed by atoms with Crippen LogP contribution in [-0.2, 0) is 0 Å². The third-order valence-electron chi connectivity index (χ3n) is 5.69. The molecule has 1 aliphatic heterocycles. The number of carbonyl (C=O) groups excluding carboxylic acids is 1. The summed E-state index contributed by atoms with van der Waals surface area (Å²) in [7, 11) is 2.94. The predicted octanol–water partition coefficient (Wildman–Crippen LogP) is 5.12. The van der Waals surface area contributed by atoms with Gasteiger partial charge >= 0.3 is 6.18 Å². The molecule has 1 aromatic heterocycles. The van der Waals surface area contributed by atoms with Gasteiger partial charge in [0.25, 0.3) is 5.91 Å². The fourth-order valence-electron chi connectivity index (χ4n) is 3.92. The normalized spacial score (nSPS) is 17.6. The molecule has 1 aliphatic rings. The Morgan fingerprint density at radius 1 is 1.15 bits per heavy atom. The highest BCUT2D eigenvalue weighted by atomic mass is 19.4. The molecule has 0 bridgehead atoms. The second kappa shape index (κ2) is 8.68. The van der Waals surface area contributed by atoms with Gasteiger partial charge in [-0.15, -0.1) is 0 Å². The number of benzene rings is 2. The van der Waals surface area contributed by atoms with Gasteiger partial charge in [0, 0.05) is 12.1 Å². The smallest absolute Gasteiger partial charge is 0.410 e. The minimum absolute atomic E-state index is 0.00874. The molecule has 0 saturated carbocycles. The maximum atomic E-state index is 13.9. The Morgan fingerprint density at radius 3 is 2.55 bits per heavy atom. The number of hydrogen-bond acceptors (Lipinski definition) is 5. The topological polar surface area (TPSA) is 77.4 Å². The van der Waals surface area contributed by atoms with Gasteiger partial charge in [-0.25, -0.2) is 4.68 Å². The van der Waals surface area contributed by atoms with Crippen molar-refractivity contribution < 1.29 is 27.4 Å². The van der Waals surface area contributed by atoms with E-state index in [0.717, 1.165) is 16.4 Å². The molecule has 10 heteroatoms. The van der Waals surface area contributed by atoms with Gasteiger partial charge < -0.3 is 20.1 Å². The van der Waals surface area contributed by atoms with Crippen LogP contribution in [0.4, 0.5) is 24.7 Å². The van der Waals surface area contributed by atoms with Crippen LogP contribution < -0.4 is 20.1 Å². The zero-order valence-corrected chi connectivity index (χ0v) is 18.2. The molecule has 174 valence electrons. The highest BCUT2D eigenvalue weighted by Crippen LogP contribution is 2.45. The first-order valence-corrected chi connectivity index (χ1v) is 10.2. The van der Waals surface area contributed by atoms with Crippen LogP contribution in [0.5, 0.6) is 11.5 Å². The van der Waals surface area contributed by atoms with Gasteiger partial charge in [0.1, 0.15) is 11.4 Å². The summed E-state index contributed by atoms with van der Waals surface area (Å²) < 4.78 is 53.2. The van der Waals surface area contributed by atoms with E-state index in [1.165, 1.54) is 14.2 Å².